The molecular formula is C18H23ClN2O. The minimum Gasteiger partial charge on any atom is -1.00 e. The van der Waals surface area contributed by atoms with Crippen molar-refractivity contribution in [1.29, 1.82) is 0 Å². The third kappa shape index (κ3) is 6.29. The number of halogens is 1. The molecule has 0 unspecified atom stereocenters. The number of hydrogen-bond acceptors (Lipinski definition) is 1. The summed E-state index contributed by atoms with van der Waals surface area (Å²) in [7, 11) is 4.01. The molecule has 0 aliphatic heterocycles. The number of carbonyl (C=O) groups excluding carboxylic acids is 1. The average molecular weight is 319 g/mol. The molecule has 0 bridgehead atoms. The van der Waals surface area contributed by atoms with Crippen molar-refractivity contribution in [2.24, 2.45) is 0 Å². The van der Waals surface area contributed by atoms with Gasteiger partial charge in [-0.1, -0.05) is 60.7 Å². The van der Waals surface area contributed by atoms with Crippen molar-refractivity contribution in [1.82, 2.24) is 5.43 Å². The molecule has 0 saturated carbocycles. The Balaban J connectivity index is 0.00000242. The normalized spacial score (nSPS) is 10.6. The molecule has 0 aromatic heterocycles. The Labute approximate surface area is 138 Å². The molecule has 118 valence electrons. The smallest absolute Gasteiger partial charge is 0.265 e. The fourth-order valence-corrected chi connectivity index (χ4v) is 2.38. The lowest BCUT2D eigenvalue weighted by Crippen LogP contribution is -3.00. The average Bonchev–Trinajstić information content (AvgIpc) is 2.46. The Bertz CT molecular complexity index is 570. The molecule has 2 aromatic carbocycles. The molecule has 0 spiro atoms. The van der Waals surface area contributed by atoms with Gasteiger partial charge in [0.25, 0.3) is 5.91 Å². The number of carbonyl (C=O) groups is 1. The number of nitrogens with zero attached hydrogens (tertiary/aromatic N) is 1. The predicted molar refractivity (Wildman–Crippen MR) is 85.2 cm³/mol. The SMILES string of the molecule is C[N+](C)(Cc1ccccc1)NC(=O)CCc1ccccc1.[Cl-]. The highest BCUT2D eigenvalue weighted by Crippen LogP contribution is 2.07. The summed E-state index contributed by atoms with van der Waals surface area (Å²) < 4.78 is 0.456. The third-order valence-electron chi connectivity index (χ3n) is 3.33. The number of amides is 1. The van der Waals surface area contributed by atoms with Crippen molar-refractivity contribution >= 4 is 5.91 Å². The van der Waals surface area contributed by atoms with Crippen LogP contribution in [-0.4, -0.2) is 24.6 Å². The molecule has 1 amide bonds. The topological polar surface area (TPSA) is 29.1 Å². The van der Waals surface area contributed by atoms with Gasteiger partial charge in [0.2, 0.25) is 0 Å². The predicted octanol–water partition coefficient (Wildman–Crippen LogP) is -0.0690. The van der Waals surface area contributed by atoms with Crippen LogP contribution in [0.25, 0.3) is 0 Å². The van der Waals surface area contributed by atoms with Gasteiger partial charge in [-0.05, 0) is 12.0 Å². The van der Waals surface area contributed by atoms with E-state index in [4.69, 9.17) is 0 Å². The molecule has 2 aromatic rings. The molecule has 0 atom stereocenters. The van der Waals surface area contributed by atoms with Gasteiger partial charge in [0.05, 0.1) is 14.1 Å². The van der Waals surface area contributed by atoms with Gasteiger partial charge < -0.3 is 12.4 Å². The van der Waals surface area contributed by atoms with E-state index in [1.807, 2.05) is 50.5 Å². The first-order valence-corrected chi connectivity index (χ1v) is 7.27. The van der Waals surface area contributed by atoms with Crippen LogP contribution < -0.4 is 17.8 Å². The van der Waals surface area contributed by atoms with E-state index in [0.29, 0.717) is 11.0 Å². The van der Waals surface area contributed by atoms with Gasteiger partial charge in [0.1, 0.15) is 6.54 Å². The quantitative estimate of drug-likeness (QED) is 0.586. The highest BCUT2D eigenvalue weighted by molar-refractivity contribution is 5.74. The van der Waals surface area contributed by atoms with Crippen molar-refractivity contribution < 1.29 is 21.8 Å². The van der Waals surface area contributed by atoms with Gasteiger partial charge in [-0.15, -0.1) is 0 Å². The fourth-order valence-electron chi connectivity index (χ4n) is 2.38. The molecule has 0 aliphatic rings. The molecule has 2 rings (SSSR count). The second-order valence-corrected chi connectivity index (χ2v) is 5.85. The molecule has 22 heavy (non-hydrogen) atoms. The Morgan fingerprint density at radius 2 is 1.41 bits per heavy atom. The summed E-state index contributed by atoms with van der Waals surface area (Å²) >= 11 is 0. The van der Waals surface area contributed by atoms with Gasteiger partial charge in [-0.3, -0.25) is 4.79 Å². The number of aryl methyl sites for hydroxylation is 1. The van der Waals surface area contributed by atoms with Gasteiger partial charge in [0.15, 0.2) is 0 Å². The lowest BCUT2D eigenvalue weighted by Gasteiger charge is -2.29. The van der Waals surface area contributed by atoms with Crippen LogP contribution in [0.2, 0.25) is 0 Å². The second-order valence-electron chi connectivity index (χ2n) is 5.85. The molecule has 0 saturated heterocycles. The molecule has 0 radical (unpaired) electrons. The van der Waals surface area contributed by atoms with Crippen LogP contribution in [-0.2, 0) is 17.8 Å². The first-order valence-electron chi connectivity index (χ1n) is 7.27. The standard InChI is InChI=1S/C18H22N2O.ClH/c1-20(2,15-17-11-7-4-8-12-17)19-18(21)14-13-16-9-5-3-6-10-16;/h3-12H,13-15H2,1-2H3;1H. The first kappa shape index (κ1) is 18.2. The number of nitrogens with one attached hydrogen (secondary N) is 1. The minimum atomic E-state index is 0. The molecular weight excluding hydrogens is 296 g/mol. The highest BCUT2D eigenvalue weighted by atomic mass is 35.5. The maximum atomic E-state index is 12.1. The maximum Gasteiger partial charge on any atom is 0.265 e. The third-order valence-corrected chi connectivity index (χ3v) is 3.33. The summed E-state index contributed by atoms with van der Waals surface area (Å²) in [6.07, 6.45) is 1.29. The molecule has 0 heterocycles. The van der Waals surface area contributed by atoms with E-state index in [0.717, 1.165) is 13.0 Å². The van der Waals surface area contributed by atoms with E-state index in [1.165, 1.54) is 11.1 Å². The van der Waals surface area contributed by atoms with Crippen LogP contribution in [0.3, 0.4) is 0 Å². The minimum absolute atomic E-state index is 0. The zero-order chi connectivity index (χ0) is 15.1. The van der Waals surface area contributed by atoms with E-state index >= 15 is 0 Å². The molecule has 0 fully saturated rings. The summed E-state index contributed by atoms with van der Waals surface area (Å²) in [5, 5.41) is 0. The summed E-state index contributed by atoms with van der Waals surface area (Å²) in [4.78, 5) is 12.1. The van der Waals surface area contributed by atoms with E-state index in [2.05, 4.69) is 29.7 Å². The Morgan fingerprint density at radius 3 is 1.95 bits per heavy atom. The Kier molecular flexibility index (Phi) is 7.09. The number of benzene rings is 2. The van der Waals surface area contributed by atoms with E-state index in [9.17, 15) is 4.79 Å². The fraction of sp³-hybridized carbons (Fsp3) is 0.278. The molecule has 4 heteroatoms. The molecule has 0 aliphatic carbocycles. The summed E-state index contributed by atoms with van der Waals surface area (Å²) in [6, 6.07) is 20.3. The van der Waals surface area contributed by atoms with Crippen molar-refractivity contribution in [2.45, 2.75) is 19.4 Å². The monoisotopic (exact) mass is 318 g/mol. The summed E-state index contributed by atoms with van der Waals surface area (Å²) in [5.41, 5.74) is 5.48. The van der Waals surface area contributed by atoms with Gasteiger partial charge in [0, 0.05) is 12.0 Å². The maximum absolute atomic E-state index is 12.1. The van der Waals surface area contributed by atoms with E-state index in [1.54, 1.807) is 0 Å². The Hall–Kier alpha value is -1.84. The number of quaternary nitrogens is 1. The van der Waals surface area contributed by atoms with Crippen molar-refractivity contribution in [3.63, 3.8) is 0 Å². The summed E-state index contributed by atoms with van der Waals surface area (Å²) in [5.74, 6) is 0.0831. The van der Waals surface area contributed by atoms with Crippen LogP contribution in [0.1, 0.15) is 17.5 Å². The lowest BCUT2D eigenvalue weighted by molar-refractivity contribution is -0.938. The zero-order valence-corrected chi connectivity index (χ0v) is 13.9. The van der Waals surface area contributed by atoms with Crippen LogP contribution >= 0.6 is 0 Å². The van der Waals surface area contributed by atoms with E-state index in [-0.39, 0.29) is 18.3 Å². The van der Waals surface area contributed by atoms with Crippen molar-refractivity contribution in [3.8, 4) is 0 Å². The molecule has 1 N–H and O–H groups in total. The Morgan fingerprint density at radius 1 is 0.909 bits per heavy atom. The summed E-state index contributed by atoms with van der Waals surface area (Å²) in [6.45, 7) is 0.776. The van der Waals surface area contributed by atoms with Crippen LogP contribution in [0.15, 0.2) is 60.7 Å². The van der Waals surface area contributed by atoms with Crippen LogP contribution in [0.5, 0.6) is 0 Å². The van der Waals surface area contributed by atoms with Gasteiger partial charge in [-0.2, -0.15) is 0 Å². The van der Waals surface area contributed by atoms with Gasteiger partial charge >= 0.3 is 0 Å². The highest BCUT2D eigenvalue weighted by Gasteiger charge is 2.19. The first-order chi connectivity index (χ1) is 10.1. The number of hydrogen-bond donors (Lipinski definition) is 1. The van der Waals surface area contributed by atoms with E-state index < -0.39 is 0 Å². The zero-order valence-electron chi connectivity index (χ0n) is 13.1. The van der Waals surface area contributed by atoms with Crippen molar-refractivity contribution in [2.75, 3.05) is 14.1 Å². The largest absolute Gasteiger partial charge is 1.00 e. The van der Waals surface area contributed by atoms with Crippen LogP contribution in [0.4, 0.5) is 0 Å². The van der Waals surface area contributed by atoms with Crippen molar-refractivity contribution in [3.05, 3.63) is 71.8 Å². The second kappa shape index (κ2) is 8.57. The van der Waals surface area contributed by atoms with Gasteiger partial charge in [-0.25, -0.2) is 10.0 Å². The number of rotatable bonds is 6. The molecule has 3 nitrogen and oxygen atoms in total. The van der Waals surface area contributed by atoms with Crippen LogP contribution in [0, 0.1) is 0 Å². The lowest BCUT2D eigenvalue weighted by atomic mass is 10.1.